The zero-order chi connectivity index (χ0) is 20.0. The molecule has 1 unspecified atom stereocenters. The molecule has 1 amide bonds. The van der Waals surface area contributed by atoms with Gasteiger partial charge in [-0.3, -0.25) is 9.69 Å². The molecular formula is C24H27N3O2. The Hall–Kier alpha value is -2.95. The number of carbonyl (C=O) groups is 1. The van der Waals surface area contributed by atoms with Crippen LogP contribution >= 0.6 is 0 Å². The highest BCUT2D eigenvalue weighted by Gasteiger charge is 2.40. The van der Waals surface area contributed by atoms with E-state index < -0.39 is 0 Å². The first-order chi connectivity index (χ1) is 14.2. The molecule has 5 rings (SSSR count). The molecular weight excluding hydrogens is 362 g/mol. The highest BCUT2D eigenvalue weighted by molar-refractivity contribution is 5.99. The Kier molecular flexibility index (Phi) is 4.46. The lowest BCUT2D eigenvalue weighted by Gasteiger charge is -2.40. The van der Waals surface area contributed by atoms with Gasteiger partial charge in [-0.15, -0.1) is 0 Å². The number of para-hydroxylation sites is 1. The minimum atomic E-state index is -0.376. The summed E-state index contributed by atoms with van der Waals surface area (Å²) >= 11 is 0. The van der Waals surface area contributed by atoms with Crippen LogP contribution in [0.5, 0.6) is 5.75 Å². The first kappa shape index (κ1) is 18.1. The van der Waals surface area contributed by atoms with E-state index in [9.17, 15) is 4.79 Å². The number of nitrogens with one attached hydrogen (secondary N) is 1. The second kappa shape index (κ2) is 7.14. The lowest BCUT2D eigenvalue weighted by Crippen LogP contribution is -2.45. The largest absolute Gasteiger partial charge is 0.464 e. The number of hydrogen-bond acceptors (Lipinski definition) is 3. The summed E-state index contributed by atoms with van der Waals surface area (Å²) in [5.74, 6) is 0.745. The average molecular weight is 389 g/mol. The smallest absolute Gasteiger partial charge is 0.260 e. The fourth-order valence-corrected chi connectivity index (χ4v) is 4.71. The minimum absolute atomic E-state index is 0.0651. The van der Waals surface area contributed by atoms with E-state index in [1.54, 1.807) is 0 Å². The zero-order valence-electron chi connectivity index (χ0n) is 17.1. The number of H-pyrrole nitrogens is 1. The predicted molar refractivity (Wildman–Crippen MR) is 116 cm³/mol. The molecule has 0 aliphatic carbocycles. The predicted octanol–water partition coefficient (Wildman–Crippen LogP) is 4.88. The lowest BCUT2D eigenvalue weighted by atomic mass is 9.99. The van der Waals surface area contributed by atoms with Gasteiger partial charge < -0.3 is 14.6 Å². The summed E-state index contributed by atoms with van der Waals surface area (Å²) in [6.45, 7) is 7.03. The highest BCUT2D eigenvalue weighted by atomic mass is 16.5. The number of anilines is 1. The van der Waals surface area contributed by atoms with Gasteiger partial charge in [-0.05, 0) is 49.1 Å². The maximum atomic E-state index is 13.4. The molecule has 0 radical (unpaired) electrons. The van der Waals surface area contributed by atoms with Crippen molar-refractivity contribution in [1.82, 2.24) is 9.88 Å². The van der Waals surface area contributed by atoms with Crippen molar-refractivity contribution >= 4 is 22.5 Å². The van der Waals surface area contributed by atoms with Crippen molar-refractivity contribution in [3.05, 3.63) is 59.3 Å². The second-order valence-corrected chi connectivity index (χ2v) is 7.95. The minimum Gasteiger partial charge on any atom is -0.464 e. The van der Waals surface area contributed by atoms with Gasteiger partial charge in [-0.2, -0.15) is 0 Å². The molecule has 0 fully saturated rings. The van der Waals surface area contributed by atoms with Crippen molar-refractivity contribution in [2.24, 2.45) is 0 Å². The third-order valence-corrected chi connectivity index (χ3v) is 6.02. The molecule has 0 spiro atoms. The summed E-state index contributed by atoms with van der Waals surface area (Å²) in [5, 5.41) is 1.23. The highest BCUT2D eigenvalue weighted by Crippen LogP contribution is 2.42. The summed E-state index contributed by atoms with van der Waals surface area (Å²) in [4.78, 5) is 21.1. The lowest BCUT2D eigenvalue weighted by molar-refractivity contribution is 0.00204. The first-order valence-corrected chi connectivity index (χ1v) is 10.7. The molecule has 1 atom stereocenters. The van der Waals surface area contributed by atoms with Gasteiger partial charge in [-0.25, -0.2) is 0 Å². The van der Waals surface area contributed by atoms with Crippen LogP contribution in [0.3, 0.4) is 0 Å². The number of rotatable bonds is 5. The van der Waals surface area contributed by atoms with E-state index in [0.717, 1.165) is 49.2 Å². The van der Waals surface area contributed by atoms with Gasteiger partial charge in [0, 0.05) is 36.2 Å². The molecule has 2 aliphatic heterocycles. The van der Waals surface area contributed by atoms with Crippen LogP contribution < -0.4 is 9.64 Å². The quantitative estimate of drug-likeness (QED) is 0.676. The van der Waals surface area contributed by atoms with Gasteiger partial charge in [-0.1, -0.05) is 32.0 Å². The SMILES string of the molecule is CCCN(CCC)c1ccc2c(c1)C(=O)N1CCc3c([nH]c4ccccc34)C1O2. The molecule has 5 heteroatoms. The molecule has 0 saturated heterocycles. The molecule has 0 saturated carbocycles. The van der Waals surface area contributed by atoms with Crippen LogP contribution in [-0.2, 0) is 6.42 Å². The van der Waals surface area contributed by atoms with Crippen LogP contribution in [-0.4, -0.2) is 35.4 Å². The molecule has 1 N–H and O–H groups in total. The molecule has 29 heavy (non-hydrogen) atoms. The number of amides is 1. The van der Waals surface area contributed by atoms with Gasteiger partial charge in [0.2, 0.25) is 6.23 Å². The van der Waals surface area contributed by atoms with E-state index in [0.29, 0.717) is 17.9 Å². The van der Waals surface area contributed by atoms with E-state index in [-0.39, 0.29) is 12.1 Å². The summed E-state index contributed by atoms with van der Waals surface area (Å²) in [6.07, 6.45) is 2.63. The van der Waals surface area contributed by atoms with E-state index in [1.807, 2.05) is 23.1 Å². The van der Waals surface area contributed by atoms with Crippen LogP contribution in [0.15, 0.2) is 42.5 Å². The average Bonchev–Trinajstić information content (AvgIpc) is 3.13. The Balaban J connectivity index is 1.53. The van der Waals surface area contributed by atoms with E-state index >= 15 is 0 Å². The fourth-order valence-electron chi connectivity index (χ4n) is 4.71. The van der Waals surface area contributed by atoms with E-state index in [1.165, 1.54) is 10.9 Å². The molecule has 2 aliphatic rings. The Morgan fingerprint density at radius 2 is 1.93 bits per heavy atom. The van der Waals surface area contributed by atoms with Gasteiger partial charge in [0.15, 0.2) is 0 Å². The van der Waals surface area contributed by atoms with Crippen molar-refractivity contribution in [2.75, 3.05) is 24.5 Å². The maximum Gasteiger partial charge on any atom is 0.260 e. The normalized spacial score (nSPS) is 17.5. The first-order valence-electron chi connectivity index (χ1n) is 10.7. The Morgan fingerprint density at radius 3 is 2.72 bits per heavy atom. The molecule has 3 aromatic rings. The van der Waals surface area contributed by atoms with Crippen molar-refractivity contribution in [3.8, 4) is 5.75 Å². The van der Waals surface area contributed by atoms with Crippen LogP contribution in [0.25, 0.3) is 10.9 Å². The van der Waals surface area contributed by atoms with Crippen molar-refractivity contribution in [2.45, 2.75) is 39.3 Å². The molecule has 2 aromatic carbocycles. The summed E-state index contributed by atoms with van der Waals surface area (Å²) < 4.78 is 6.37. The third kappa shape index (κ3) is 2.87. The number of nitrogens with zero attached hydrogens (tertiary/aromatic N) is 2. The van der Waals surface area contributed by atoms with Gasteiger partial charge in [0.25, 0.3) is 5.91 Å². The standard InChI is InChI=1S/C24H27N3O2/c1-3-12-26(13-4-2)16-9-10-21-19(15-16)23(28)27-14-11-18-17-7-5-6-8-20(17)25-22(18)24(27)29-21/h5-10,15,24-25H,3-4,11-14H2,1-2H3. The van der Waals surface area contributed by atoms with Crippen LogP contribution in [0, 0.1) is 0 Å². The zero-order valence-corrected chi connectivity index (χ0v) is 17.1. The number of aromatic amines is 1. The van der Waals surface area contributed by atoms with Gasteiger partial charge in [0.05, 0.1) is 11.3 Å². The van der Waals surface area contributed by atoms with Gasteiger partial charge >= 0.3 is 0 Å². The second-order valence-electron chi connectivity index (χ2n) is 7.95. The number of fused-ring (bicyclic) bond motifs is 6. The molecule has 0 bridgehead atoms. The van der Waals surface area contributed by atoms with Crippen LogP contribution in [0.4, 0.5) is 5.69 Å². The van der Waals surface area contributed by atoms with E-state index in [2.05, 4.69) is 48.0 Å². The molecule has 3 heterocycles. The van der Waals surface area contributed by atoms with Gasteiger partial charge in [0.1, 0.15) is 5.75 Å². The Labute approximate surface area is 171 Å². The van der Waals surface area contributed by atoms with E-state index in [4.69, 9.17) is 4.74 Å². The maximum absolute atomic E-state index is 13.4. The number of hydrogen-bond donors (Lipinski definition) is 1. The molecule has 150 valence electrons. The van der Waals surface area contributed by atoms with Crippen molar-refractivity contribution < 1.29 is 9.53 Å². The molecule has 1 aromatic heterocycles. The third-order valence-electron chi connectivity index (χ3n) is 6.02. The molecule has 5 nitrogen and oxygen atoms in total. The Morgan fingerprint density at radius 1 is 1.14 bits per heavy atom. The topological polar surface area (TPSA) is 48.6 Å². The summed E-state index contributed by atoms with van der Waals surface area (Å²) in [5.41, 5.74) is 5.17. The van der Waals surface area contributed by atoms with Crippen molar-refractivity contribution in [1.29, 1.82) is 0 Å². The van der Waals surface area contributed by atoms with Crippen LogP contribution in [0.2, 0.25) is 0 Å². The summed E-state index contributed by atoms with van der Waals surface area (Å²) in [6, 6.07) is 14.4. The summed E-state index contributed by atoms with van der Waals surface area (Å²) in [7, 11) is 0. The number of aromatic nitrogens is 1. The van der Waals surface area contributed by atoms with Crippen LogP contribution in [0.1, 0.15) is 54.5 Å². The monoisotopic (exact) mass is 389 g/mol. The number of carbonyl (C=O) groups excluding carboxylic acids is 1. The number of benzene rings is 2. The van der Waals surface area contributed by atoms with Crippen molar-refractivity contribution in [3.63, 3.8) is 0 Å². The fraction of sp³-hybridized carbons (Fsp3) is 0.375. The Bertz CT molecular complexity index is 1070. The number of ether oxygens (including phenoxy) is 1.